The molecular formula is C26H25FN2O5S. The fourth-order valence-corrected chi connectivity index (χ4v) is 5.04. The van der Waals surface area contributed by atoms with Crippen LogP contribution in [0.1, 0.15) is 37.9 Å². The number of aromatic nitrogens is 1. The molecule has 35 heavy (non-hydrogen) atoms. The highest BCUT2D eigenvalue weighted by atomic mass is 32.1. The Morgan fingerprint density at radius 2 is 1.91 bits per heavy atom. The Morgan fingerprint density at radius 3 is 2.57 bits per heavy atom. The maximum Gasteiger partial charge on any atom is 0.338 e. The molecule has 3 aromatic rings. The van der Waals surface area contributed by atoms with Gasteiger partial charge in [0.05, 0.1) is 42.2 Å². The first kappa shape index (κ1) is 24.4. The van der Waals surface area contributed by atoms with Crippen molar-refractivity contribution in [2.24, 2.45) is 4.99 Å². The van der Waals surface area contributed by atoms with Crippen molar-refractivity contribution in [3.63, 3.8) is 0 Å². The number of fused-ring (bicyclic) bond motifs is 1. The second-order valence-corrected chi connectivity index (χ2v) is 8.67. The number of hydrogen-bond donors (Lipinski definition) is 0. The number of ether oxygens (including phenoxy) is 3. The lowest BCUT2D eigenvalue weighted by Gasteiger charge is -2.24. The number of hydrogen-bond acceptors (Lipinski definition) is 7. The van der Waals surface area contributed by atoms with Gasteiger partial charge in [-0.05, 0) is 50.6 Å². The van der Waals surface area contributed by atoms with E-state index in [4.69, 9.17) is 14.2 Å². The Kier molecular flexibility index (Phi) is 7.16. The summed E-state index contributed by atoms with van der Waals surface area (Å²) in [7, 11) is 1.55. The lowest BCUT2D eigenvalue weighted by molar-refractivity contribution is -0.139. The highest BCUT2D eigenvalue weighted by molar-refractivity contribution is 7.07. The Morgan fingerprint density at radius 1 is 1.17 bits per heavy atom. The Hall–Kier alpha value is -3.72. The zero-order chi connectivity index (χ0) is 25.1. The van der Waals surface area contributed by atoms with Crippen LogP contribution in [0.5, 0.6) is 11.5 Å². The molecule has 1 aliphatic rings. The van der Waals surface area contributed by atoms with Gasteiger partial charge in [0.1, 0.15) is 5.82 Å². The second kappa shape index (κ2) is 10.3. The van der Waals surface area contributed by atoms with Crippen LogP contribution in [0.2, 0.25) is 0 Å². The molecule has 4 rings (SSSR count). The molecule has 0 spiro atoms. The van der Waals surface area contributed by atoms with Crippen LogP contribution < -0.4 is 24.4 Å². The zero-order valence-electron chi connectivity index (χ0n) is 19.8. The SMILES string of the molecule is CCOC(=O)C1=C(C)N=c2s/c(=C\c3cccc(OC)c3OCC)c(=O)n2[C@H]1c1ccc(F)cc1. The lowest BCUT2D eigenvalue weighted by atomic mass is 9.96. The number of para-hydroxylation sites is 1. The summed E-state index contributed by atoms with van der Waals surface area (Å²) in [6, 6.07) is 10.3. The average Bonchev–Trinajstić information content (AvgIpc) is 3.14. The maximum absolute atomic E-state index is 13.7. The molecule has 0 radical (unpaired) electrons. The van der Waals surface area contributed by atoms with Crippen molar-refractivity contribution in [1.29, 1.82) is 0 Å². The van der Waals surface area contributed by atoms with Gasteiger partial charge in [-0.1, -0.05) is 35.6 Å². The minimum atomic E-state index is -0.801. The number of benzene rings is 2. The molecule has 9 heteroatoms. The van der Waals surface area contributed by atoms with Crippen molar-refractivity contribution in [2.75, 3.05) is 20.3 Å². The summed E-state index contributed by atoms with van der Waals surface area (Å²) in [6.07, 6.45) is 1.72. The molecular weight excluding hydrogens is 471 g/mol. The van der Waals surface area contributed by atoms with E-state index in [9.17, 15) is 14.0 Å². The number of thiazole rings is 1. The molecule has 0 saturated heterocycles. The van der Waals surface area contributed by atoms with Gasteiger partial charge in [0, 0.05) is 5.56 Å². The van der Waals surface area contributed by atoms with Crippen LogP contribution in [-0.4, -0.2) is 30.9 Å². The van der Waals surface area contributed by atoms with Gasteiger partial charge in [-0.3, -0.25) is 9.36 Å². The van der Waals surface area contributed by atoms with Crippen LogP contribution in [-0.2, 0) is 9.53 Å². The normalized spacial score (nSPS) is 15.5. The molecule has 0 aliphatic carbocycles. The number of carbonyl (C=O) groups excluding carboxylic acids is 1. The smallest absolute Gasteiger partial charge is 0.338 e. The summed E-state index contributed by atoms with van der Waals surface area (Å²) in [6.45, 7) is 5.88. The van der Waals surface area contributed by atoms with Gasteiger partial charge in [0.15, 0.2) is 16.3 Å². The third-order valence-electron chi connectivity index (χ3n) is 5.51. The molecule has 0 fully saturated rings. The van der Waals surface area contributed by atoms with Gasteiger partial charge in [0.2, 0.25) is 0 Å². The number of esters is 1. The van der Waals surface area contributed by atoms with E-state index in [-0.39, 0.29) is 17.7 Å². The summed E-state index contributed by atoms with van der Waals surface area (Å²) in [5.41, 5.74) is 1.61. The number of methoxy groups -OCH3 is 1. The van der Waals surface area contributed by atoms with E-state index in [1.165, 1.54) is 28.0 Å². The van der Waals surface area contributed by atoms with Gasteiger partial charge < -0.3 is 14.2 Å². The summed E-state index contributed by atoms with van der Waals surface area (Å²) >= 11 is 1.20. The van der Waals surface area contributed by atoms with Crippen LogP contribution in [0.25, 0.3) is 6.08 Å². The van der Waals surface area contributed by atoms with Gasteiger partial charge >= 0.3 is 5.97 Å². The summed E-state index contributed by atoms with van der Waals surface area (Å²) in [5, 5.41) is 0. The fraction of sp³-hybridized carbons (Fsp3) is 0.269. The van der Waals surface area contributed by atoms with Crippen LogP contribution in [0.3, 0.4) is 0 Å². The Balaban J connectivity index is 1.96. The van der Waals surface area contributed by atoms with Crippen LogP contribution in [0.4, 0.5) is 4.39 Å². The van der Waals surface area contributed by atoms with Crippen molar-refractivity contribution in [3.8, 4) is 11.5 Å². The minimum Gasteiger partial charge on any atom is -0.493 e. The first-order valence-corrected chi connectivity index (χ1v) is 12.0. The van der Waals surface area contributed by atoms with E-state index >= 15 is 0 Å². The van der Waals surface area contributed by atoms with Gasteiger partial charge in [-0.2, -0.15) is 0 Å². The zero-order valence-corrected chi connectivity index (χ0v) is 20.6. The van der Waals surface area contributed by atoms with Crippen LogP contribution in [0.15, 0.2) is 63.5 Å². The van der Waals surface area contributed by atoms with Gasteiger partial charge in [-0.15, -0.1) is 0 Å². The minimum absolute atomic E-state index is 0.173. The van der Waals surface area contributed by atoms with E-state index in [0.29, 0.717) is 44.3 Å². The van der Waals surface area contributed by atoms with E-state index in [1.807, 2.05) is 19.1 Å². The maximum atomic E-state index is 13.7. The number of rotatable bonds is 7. The second-order valence-electron chi connectivity index (χ2n) is 7.67. The molecule has 182 valence electrons. The monoisotopic (exact) mass is 496 g/mol. The molecule has 0 saturated carbocycles. The van der Waals surface area contributed by atoms with Crippen LogP contribution in [0, 0.1) is 5.82 Å². The Bertz CT molecular complexity index is 1470. The summed E-state index contributed by atoms with van der Waals surface area (Å²) in [4.78, 5) is 31.6. The molecule has 0 N–H and O–H groups in total. The molecule has 1 aliphatic heterocycles. The molecule has 1 aromatic heterocycles. The topological polar surface area (TPSA) is 79.1 Å². The first-order chi connectivity index (χ1) is 16.9. The summed E-state index contributed by atoms with van der Waals surface area (Å²) < 4.78 is 32.0. The van der Waals surface area contributed by atoms with E-state index in [1.54, 1.807) is 45.2 Å². The molecule has 0 amide bonds. The Labute approximate surface area is 205 Å². The molecule has 0 bridgehead atoms. The van der Waals surface area contributed by atoms with Crippen LogP contribution >= 0.6 is 11.3 Å². The van der Waals surface area contributed by atoms with E-state index in [2.05, 4.69) is 4.99 Å². The highest BCUT2D eigenvalue weighted by Crippen LogP contribution is 2.32. The highest BCUT2D eigenvalue weighted by Gasteiger charge is 2.33. The third kappa shape index (κ3) is 4.64. The number of carbonyl (C=O) groups is 1. The fourth-order valence-electron chi connectivity index (χ4n) is 4.00. The number of allylic oxidation sites excluding steroid dienone is 1. The van der Waals surface area contributed by atoms with E-state index in [0.717, 1.165) is 0 Å². The molecule has 2 aromatic carbocycles. The molecule has 1 atom stereocenters. The summed E-state index contributed by atoms with van der Waals surface area (Å²) in [5.74, 6) is 0.102. The van der Waals surface area contributed by atoms with Crippen molar-refractivity contribution in [1.82, 2.24) is 4.57 Å². The van der Waals surface area contributed by atoms with Crippen molar-refractivity contribution in [2.45, 2.75) is 26.8 Å². The molecule has 7 nitrogen and oxygen atoms in total. The standard InChI is InChI=1S/C26H25FN2O5S/c1-5-33-23-17(8-7-9-19(23)32-4)14-20-24(30)29-22(16-10-12-18(27)13-11-16)21(25(31)34-6-2)15(3)28-26(29)35-20/h7-14,22H,5-6H2,1-4H3/b20-14-/t22-/m0/s1. The molecule has 2 heterocycles. The van der Waals surface area contributed by atoms with E-state index < -0.39 is 17.8 Å². The number of nitrogens with zero attached hydrogens (tertiary/aromatic N) is 2. The third-order valence-corrected chi connectivity index (χ3v) is 6.49. The predicted molar refractivity (Wildman–Crippen MR) is 131 cm³/mol. The van der Waals surface area contributed by atoms with Gasteiger partial charge in [-0.25, -0.2) is 14.2 Å². The predicted octanol–water partition coefficient (Wildman–Crippen LogP) is 3.34. The van der Waals surface area contributed by atoms with Crippen molar-refractivity contribution >= 4 is 23.4 Å². The molecule has 0 unspecified atom stereocenters. The van der Waals surface area contributed by atoms with Gasteiger partial charge in [0.25, 0.3) is 5.56 Å². The quantitative estimate of drug-likeness (QED) is 0.469. The van der Waals surface area contributed by atoms with Crippen molar-refractivity contribution < 1.29 is 23.4 Å². The van der Waals surface area contributed by atoms with Crippen molar-refractivity contribution in [3.05, 3.63) is 90.4 Å². The largest absolute Gasteiger partial charge is 0.493 e. The average molecular weight is 497 g/mol. The lowest BCUT2D eigenvalue weighted by Crippen LogP contribution is -2.39. The first-order valence-electron chi connectivity index (χ1n) is 11.1. The number of halogens is 1.